The van der Waals surface area contributed by atoms with Crippen LogP contribution in [-0.2, 0) is 6.42 Å². The molecule has 1 aromatic rings. The summed E-state index contributed by atoms with van der Waals surface area (Å²) in [6.07, 6.45) is 6.87. The lowest BCUT2D eigenvalue weighted by Gasteiger charge is -2.30. The van der Waals surface area contributed by atoms with Gasteiger partial charge in [-0.2, -0.15) is 0 Å². The van der Waals surface area contributed by atoms with Crippen LogP contribution in [0.1, 0.15) is 44.9 Å². The van der Waals surface area contributed by atoms with E-state index in [0.29, 0.717) is 12.6 Å². The molecule has 112 valence electrons. The number of aromatic nitrogens is 2. The Labute approximate surface area is 121 Å². The molecule has 1 saturated carbocycles. The van der Waals surface area contributed by atoms with E-state index in [2.05, 4.69) is 22.1 Å². The van der Waals surface area contributed by atoms with Gasteiger partial charge in [-0.15, -0.1) is 0 Å². The van der Waals surface area contributed by atoms with Gasteiger partial charge in [0.15, 0.2) is 0 Å². The molecule has 20 heavy (non-hydrogen) atoms. The van der Waals surface area contributed by atoms with Crippen molar-refractivity contribution < 1.29 is 5.11 Å². The fraction of sp³-hybridized carbons (Fsp3) is 0.733. The molecule has 0 saturated heterocycles. The van der Waals surface area contributed by atoms with Crippen LogP contribution in [-0.4, -0.2) is 41.3 Å². The number of aliphatic hydroxyl groups is 1. The Morgan fingerprint density at radius 3 is 2.70 bits per heavy atom. The van der Waals surface area contributed by atoms with Crippen LogP contribution < -0.4 is 10.2 Å². The van der Waals surface area contributed by atoms with Gasteiger partial charge in [-0.3, -0.25) is 0 Å². The van der Waals surface area contributed by atoms with Gasteiger partial charge in [0.1, 0.15) is 17.5 Å². The van der Waals surface area contributed by atoms with Crippen molar-refractivity contribution in [3.8, 4) is 0 Å². The van der Waals surface area contributed by atoms with Crippen LogP contribution in [0.25, 0.3) is 0 Å². The zero-order valence-corrected chi connectivity index (χ0v) is 12.6. The maximum absolute atomic E-state index is 9.36. The first-order chi connectivity index (χ1) is 9.78. The molecular formula is C15H26N4O. The Hall–Kier alpha value is -1.36. The molecule has 0 spiro atoms. The highest BCUT2D eigenvalue weighted by molar-refractivity contribution is 5.50. The number of hydrogen-bond donors (Lipinski definition) is 2. The van der Waals surface area contributed by atoms with E-state index in [1.165, 1.54) is 25.7 Å². The lowest BCUT2D eigenvalue weighted by atomic mass is 10.2. The minimum absolute atomic E-state index is 0.165. The Kier molecular flexibility index (Phi) is 5.59. The number of rotatable bonds is 7. The van der Waals surface area contributed by atoms with Crippen molar-refractivity contribution in [2.75, 3.05) is 30.4 Å². The van der Waals surface area contributed by atoms with Crippen LogP contribution >= 0.6 is 0 Å². The van der Waals surface area contributed by atoms with Crippen molar-refractivity contribution in [1.82, 2.24) is 9.97 Å². The van der Waals surface area contributed by atoms with E-state index in [9.17, 15) is 5.11 Å². The minimum atomic E-state index is 0.165. The summed E-state index contributed by atoms with van der Waals surface area (Å²) < 4.78 is 0. The molecule has 0 unspecified atom stereocenters. The highest BCUT2D eigenvalue weighted by Crippen LogP contribution is 2.28. The predicted molar refractivity (Wildman–Crippen MR) is 82.3 cm³/mol. The van der Waals surface area contributed by atoms with Gasteiger partial charge >= 0.3 is 0 Å². The normalized spacial score (nSPS) is 15.6. The second-order valence-electron chi connectivity index (χ2n) is 5.38. The number of anilines is 2. The summed E-state index contributed by atoms with van der Waals surface area (Å²) in [6.45, 7) is 2.95. The Morgan fingerprint density at radius 1 is 1.35 bits per heavy atom. The minimum Gasteiger partial charge on any atom is -0.395 e. The molecule has 2 rings (SSSR count). The topological polar surface area (TPSA) is 61.3 Å². The number of aliphatic hydroxyl groups excluding tert-OH is 1. The third kappa shape index (κ3) is 3.60. The molecule has 0 atom stereocenters. The summed E-state index contributed by atoms with van der Waals surface area (Å²) in [5.74, 6) is 2.70. The predicted octanol–water partition coefficient (Wildman–Crippen LogP) is 2.21. The second kappa shape index (κ2) is 7.43. The lowest BCUT2D eigenvalue weighted by molar-refractivity contribution is 0.296. The Bertz CT molecular complexity index is 418. The number of hydrogen-bond acceptors (Lipinski definition) is 5. The zero-order chi connectivity index (χ0) is 14.4. The molecule has 1 aliphatic rings. The third-order valence-corrected chi connectivity index (χ3v) is 3.89. The van der Waals surface area contributed by atoms with Gasteiger partial charge in [0, 0.05) is 32.1 Å². The van der Waals surface area contributed by atoms with Gasteiger partial charge in [-0.25, -0.2) is 9.97 Å². The van der Waals surface area contributed by atoms with Crippen molar-refractivity contribution in [2.24, 2.45) is 0 Å². The molecule has 0 bridgehead atoms. The maximum atomic E-state index is 9.36. The Morgan fingerprint density at radius 2 is 2.10 bits per heavy atom. The number of nitrogens with one attached hydrogen (secondary N) is 1. The summed E-state index contributed by atoms with van der Waals surface area (Å²) in [5.41, 5.74) is 0. The highest BCUT2D eigenvalue weighted by Gasteiger charge is 2.24. The molecule has 0 amide bonds. The van der Waals surface area contributed by atoms with Crippen molar-refractivity contribution >= 4 is 11.6 Å². The summed E-state index contributed by atoms with van der Waals surface area (Å²) >= 11 is 0. The van der Waals surface area contributed by atoms with Crippen LogP contribution in [0, 0.1) is 0 Å². The molecule has 0 aromatic carbocycles. The van der Waals surface area contributed by atoms with Gasteiger partial charge in [0.05, 0.1) is 6.61 Å². The second-order valence-corrected chi connectivity index (χ2v) is 5.38. The Balaban J connectivity index is 2.27. The molecule has 0 radical (unpaired) electrons. The standard InChI is InChI=1S/C15H26N4O/c1-3-6-13-17-14(16-2)11-15(18-13)19(9-10-20)12-7-4-5-8-12/h11-12,20H,3-10H2,1-2H3,(H,16,17,18). The molecule has 1 aromatic heterocycles. The first-order valence-electron chi connectivity index (χ1n) is 7.71. The highest BCUT2D eigenvalue weighted by atomic mass is 16.3. The average Bonchev–Trinajstić information content (AvgIpc) is 2.98. The first-order valence-corrected chi connectivity index (χ1v) is 7.71. The SMILES string of the molecule is CCCc1nc(NC)cc(N(CCO)C2CCCC2)n1. The molecule has 5 nitrogen and oxygen atoms in total. The smallest absolute Gasteiger partial charge is 0.134 e. The summed E-state index contributed by atoms with van der Waals surface area (Å²) in [4.78, 5) is 11.5. The molecule has 5 heteroatoms. The summed E-state index contributed by atoms with van der Waals surface area (Å²) in [6, 6.07) is 2.50. The largest absolute Gasteiger partial charge is 0.395 e. The van der Waals surface area contributed by atoms with Gasteiger partial charge in [-0.05, 0) is 19.3 Å². The van der Waals surface area contributed by atoms with Crippen molar-refractivity contribution in [1.29, 1.82) is 0 Å². The van der Waals surface area contributed by atoms with Crippen LogP contribution in [0.15, 0.2) is 6.07 Å². The fourth-order valence-corrected chi connectivity index (χ4v) is 2.90. The van der Waals surface area contributed by atoms with E-state index in [1.54, 1.807) is 0 Å². The molecule has 2 N–H and O–H groups in total. The van der Waals surface area contributed by atoms with E-state index < -0.39 is 0 Å². The zero-order valence-electron chi connectivity index (χ0n) is 12.6. The van der Waals surface area contributed by atoms with Gasteiger partial charge < -0.3 is 15.3 Å². The molecular weight excluding hydrogens is 252 g/mol. The van der Waals surface area contributed by atoms with Gasteiger partial charge in [0.25, 0.3) is 0 Å². The lowest BCUT2D eigenvalue weighted by Crippen LogP contribution is -2.36. The molecule has 1 fully saturated rings. The van der Waals surface area contributed by atoms with E-state index in [-0.39, 0.29) is 6.61 Å². The van der Waals surface area contributed by atoms with Crippen LogP contribution in [0.4, 0.5) is 11.6 Å². The third-order valence-electron chi connectivity index (χ3n) is 3.89. The maximum Gasteiger partial charge on any atom is 0.134 e. The van der Waals surface area contributed by atoms with E-state index in [0.717, 1.165) is 30.3 Å². The summed E-state index contributed by atoms with van der Waals surface area (Å²) in [7, 11) is 1.88. The van der Waals surface area contributed by atoms with E-state index in [4.69, 9.17) is 4.98 Å². The monoisotopic (exact) mass is 278 g/mol. The van der Waals surface area contributed by atoms with E-state index in [1.807, 2.05) is 13.1 Å². The van der Waals surface area contributed by atoms with Crippen LogP contribution in [0.3, 0.4) is 0 Å². The quantitative estimate of drug-likeness (QED) is 0.801. The van der Waals surface area contributed by atoms with Gasteiger partial charge in [0.2, 0.25) is 0 Å². The number of nitrogens with zero attached hydrogens (tertiary/aromatic N) is 3. The van der Waals surface area contributed by atoms with Crippen molar-refractivity contribution in [2.45, 2.75) is 51.5 Å². The van der Waals surface area contributed by atoms with Crippen LogP contribution in [0.5, 0.6) is 0 Å². The summed E-state index contributed by atoms with van der Waals surface area (Å²) in [5, 5.41) is 12.5. The van der Waals surface area contributed by atoms with Crippen LogP contribution in [0.2, 0.25) is 0 Å². The fourth-order valence-electron chi connectivity index (χ4n) is 2.90. The van der Waals surface area contributed by atoms with Gasteiger partial charge in [-0.1, -0.05) is 19.8 Å². The van der Waals surface area contributed by atoms with E-state index >= 15 is 0 Å². The van der Waals surface area contributed by atoms with Crippen molar-refractivity contribution in [3.05, 3.63) is 11.9 Å². The molecule has 1 aliphatic carbocycles. The average molecular weight is 278 g/mol. The first kappa shape index (κ1) is 15.0. The number of aryl methyl sites for hydroxylation is 1. The molecule has 1 heterocycles. The molecule has 0 aliphatic heterocycles. The van der Waals surface area contributed by atoms with Crippen molar-refractivity contribution in [3.63, 3.8) is 0 Å².